The number of hydrogen-bond donors (Lipinski definition) is 2. The molecule has 0 radical (unpaired) electrons. The zero-order chi connectivity index (χ0) is 10.7. The monoisotopic (exact) mass is 225 g/mol. The van der Waals surface area contributed by atoms with Gasteiger partial charge in [0.15, 0.2) is 9.84 Å². The Balaban J connectivity index is 4.29. The van der Waals surface area contributed by atoms with Gasteiger partial charge in [0, 0.05) is 12.8 Å². The molecule has 0 bridgehead atoms. The number of hydrogen-bond acceptors (Lipinski definition) is 4. The SMILES string of the molecule is CC(C)(CNC(=O)CS)S(C)(=O)=O. The Bertz CT molecular complexity index is 282. The van der Waals surface area contributed by atoms with Crippen LogP contribution < -0.4 is 5.32 Å². The molecule has 0 fully saturated rings. The quantitative estimate of drug-likeness (QED) is 0.654. The predicted molar refractivity (Wildman–Crippen MR) is 55.8 cm³/mol. The number of thiol groups is 1. The van der Waals surface area contributed by atoms with Crippen LogP contribution >= 0.6 is 12.6 Å². The molecule has 0 atom stereocenters. The van der Waals surface area contributed by atoms with Gasteiger partial charge in [0.2, 0.25) is 5.91 Å². The smallest absolute Gasteiger partial charge is 0.229 e. The van der Waals surface area contributed by atoms with Gasteiger partial charge >= 0.3 is 0 Å². The Morgan fingerprint density at radius 3 is 2.23 bits per heavy atom. The highest BCUT2D eigenvalue weighted by Crippen LogP contribution is 2.13. The summed E-state index contributed by atoms with van der Waals surface area (Å²) >= 11 is 3.76. The highest BCUT2D eigenvalue weighted by Gasteiger charge is 2.30. The minimum atomic E-state index is -3.15. The summed E-state index contributed by atoms with van der Waals surface area (Å²) in [5.41, 5.74) is 0. The molecule has 4 nitrogen and oxygen atoms in total. The van der Waals surface area contributed by atoms with E-state index in [0.717, 1.165) is 6.26 Å². The van der Waals surface area contributed by atoms with Crippen molar-refractivity contribution < 1.29 is 13.2 Å². The first-order valence-corrected chi connectivity index (χ1v) is 6.30. The van der Waals surface area contributed by atoms with Crippen LogP contribution in [0.2, 0.25) is 0 Å². The maximum Gasteiger partial charge on any atom is 0.229 e. The van der Waals surface area contributed by atoms with E-state index in [1.54, 1.807) is 13.8 Å². The van der Waals surface area contributed by atoms with Crippen molar-refractivity contribution in [1.29, 1.82) is 0 Å². The Morgan fingerprint density at radius 1 is 1.46 bits per heavy atom. The highest BCUT2D eigenvalue weighted by molar-refractivity contribution is 7.92. The Kier molecular flexibility index (Phi) is 4.25. The van der Waals surface area contributed by atoms with Crippen LogP contribution in [0.1, 0.15) is 13.8 Å². The molecule has 0 aliphatic carbocycles. The first-order valence-electron chi connectivity index (χ1n) is 3.78. The summed E-state index contributed by atoms with van der Waals surface area (Å²) in [6.07, 6.45) is 1.15. The Morgan fingerprint density at radius 2 is 1.92 bits per heavy atom. The zero-order valence-electron chi connectivity index (χ0n) is 7.99. The minimum absolute atomic E-state index is 0.0693. The third-order valence-corrected chi connectivity index (χ3v) is 4.30. The van der Waals surface area contributed by atoms with Crippen molar-refractivity contribution in [2.75, 3.05) is 18.6 Å². The molecule has 13 heavy (non-hydrogen) atoms. The van der Waals surface area contributed by atoms with Crippen molar-refractivity contribution in [1.82, 2.24) is 5.32 Å². The summed E-state index contributed by atoms with van der Waals surface area (Å²) in [5.74, 6) is -0.195. The van der Waals surface area contributed by atoms with E-state index in [1.807, 2.05) is 0 Å². The lowest BCUT2D eigenvalue weighted by atomic mass is 10.2. The normalized spacial score (nSPS) is 12.6. The van der Waals surface area contributed by atoms with Crippen LogP contribution in [0.15, 0.2) is 0 Å². The molecular weight excluding hydrogens is 210 g/mol. The standard InChI is InChI=1S/C7H15NO3S2/c1-7(2,13(3,10)11)5-8-6(9)4-12/h12H,4-5H2,1-3H3,(H,8,9). The van der Waals surface area contributed by atoms with Gasteiger partial charge in [-0.25, -0.2) is 8.42 Å². The summed E-state index contributed by atoms with van der Waals surface area (Å²) in [6, 6.07) is 0. The summed E-state index contributed by atoms with van der Waals surface area (Å²) in [6.45, 7) is 3.26. The topological polar surface area (TPSA) is 63.2 Å². The number of rotatable bonds is 4. The Hall–Kier alpha value is -0.230. The van der Waals surface area contributed by atoms with Crippen LogP contribution in [-0.2, 0) is 14.6 Å². The van der Waals surface area contributed by atoms with Gasteiger partial charge in [0.25, 0.3) is 0 Å². The van der Waals surface area contributed by atoms with Crippen molar-refractivity contribution in [3.8, 4) is 0 Å². The summed E-state index contributed by atoms with van der Waals surface area (Å²) in [7, 11) is -3.15. The molecule has 0 aromatic carbocycles. The maximum atomic E-state index is 11.2. The van der Waals surface area contributed by atoms with Crippen molar-refractivity contribution in [3.63, 3.8) is 0 Å². The molecule has 0 rings (SSSR count). The van der Waals surface area contributed by atoms with Crippen LogP contribution in [0.4, 0.5) is 0 Å². The van der Waals surface area contributed by atoms with E-state index in [2.05, 4.69) is 17.9 Å². The lowest BCUT2D eigenvalue weighted by Crippen LogP contribution is -2.44. The van der Waals surface area contributed by atoms with Crippen LogP contribution in [0.25, 0.3) is 0 Å². The van der Waals surface area contributed by atoms with E-state index in [4.69, 9.17) is 0 Å². The molecule has 0 aromatic rings. The third-order valence-electron chi connectivity index (χ3n) is 1.86. The van der Waals surface area contributed by atoms with Crippen LogP contribution in [0, 0.1) is 0 Å². The highest BCUT2D eigenvalue weighted by atomic mass is 32.2. The molecule has 0 saturated carbocycles. The second kappa shape index (κ2) is 4.32. The molecule has 0 aliphatic rings. The van der Waals surface area contributed by atoms with E-state index in [1.165, 1.54) is 0 Å². The van der Waals surface area contributed by atoms with Gasteiger partial charge in [-0.15, -0.1) is 0 Å². The van der Waals surface area contributed by atoms with E-state index in [-0.39, 0.29) is 18.2 Å². The largest absolute Gasteiger partial charge is 0.354 e. The van der Waals surface area contributed by atoms with Crippen LogP contribution in [0.5, 0.6) is 0 Å². The summed E-state index contributed by atoms with van der Waals surface area (Å²) in [4.78, 5) is 10.8. The molecule has 0 unspecified atom stereocenters. The number of nitrogens with one attached hydrogen (secondary N) is 1. The van der Waals surface area contributed by atoms with Crippen LogP contribution in [0.3, 0.4) is 0 Å². The number of amides is 1. The molecule has 0 heterocycles. The molecule has 0 spiro atoms. The second-order valence-corrected chi connectivity index (χ2v) is 6.43. The number of carbonyl (C=O) groups is 1. The fourth-order valence-corrected chi connectivity index (χ4v) is 0.945. The van der Waals surface area contributed by atoms with E-state index in [9.17, 15) is 13.2 Å². The average Bonchev–Trinajstić information content (AvgIpc) is 1.98. The first kappa shape index (κ1) is 12.8. The van der Waals surface area contributed by atoms with Crippen LogP contribution in [-0.4, -0.2) is 37.6 Å². The molecule has 78 valence electrons. The molecule has 1 N–H and O–H groups in total. The molecule has 0 saturated heterocycles. The number of carbonyl (C=O) groups excluding carboxylic acids is 1. The fraction of sp³-hybridized carbons (Fsp3) is 0.857. The van der Waals surface area contributed by atoms with E-state index >= 15 is 0 Å². The van der Waals surface area contributed by atoms with Gasteiger partial charge in [-0.2, -0.15) is 12.6 Å². The van der Waals surface area contributed by atoms with Gasteiger partial charge < -0.3 is 5.32 Å². The predicted octanol–water partition coefficient (Wildman–Crippen LogP) is -0.144. The van der Waals surface area contributed by atoms with Gasteiger partial charge in [0.05, 0.1) is 10.5 Å². The van der Waals surface area contributed by atoms with Gasteiger partial charge in [-0.1, -0.05) is 0 Å². The van der Waals surface area contributed by atoms with Gasteiger partial charge in [0.1, 0.15) is 0 Å². The fourth-order valence-electron chi connectivity index (χ4n) is 0.498. The zero-order valence-corrected chi connectivity index (χ0v) is 9.71. The molecule has 0 aromatic heterocycles. The first-order chi connectivity index (χ1) is 5.70. The maximum absolute atomic E-state index is 11.2. The molecule has 6 heteroatoms. The Labute approximate surface area is 84.4 Å². The molecule has 0 aliphatic heterocycles. The minimum Gasteiger partial charge on any atom is -0.354 e. The van der Waals surface area contributed by atoms with E-state index in [0.29, 0.717) is 0 Å². The third kappa shape index (κ3) is 3.99. The lowest BCUT2D eigenvalue weighted by Gasteiger charge is -2.22. The molecular formula is C7H15NO3S2. The molecule has 1 amide bonds. The van der Waals surface area contributed by atoms with Crippen molar-refractivity contribution in [3.05, 3.63) is 0 Å². The van der Waals surface area contributed by atoms with Gasteiger partial charge in [-0.3, -0.25) is 4.79 Å². The number of sulfone groups is 1. The van der Waals surface area contributed by atoms with Gasteiger partial charge in [-0.05, 0) is 13.8 Å². The second-order valence-electron chi connectivity index (χ2n) is 3.47. The summed E-state index contributed by atoms with van der Waals surface area (Å²) < 4.78 is 21.4. The average molecular weight is 225 g/mol. The van der Waals surface area contributed by atoms with Crippen molar-refractivity contribution >= 4 is 28.4 Å². The summed E-state index contributed by atoms with van der Waals surface area (Å²) in [5, 5.41) is 2.48. The lowest BCUT2D eigenvalue weighted by molar-refractivity contribution is -0.118. The van der Waals surface area contributed by atoms with Crippen molar-refractivity contribution in [2.24, 2.45) is 0 Å². The van der Waals surface area contributed by atoms with Crippen molar-refractivity contribution in [2.45, 2.75) is 18.6 Å². The van der Waals surface area contributed by atoms with E-state index < -0.39 is 14.6 Å².